The summed E-state index contributed by atoms with van der Waals surface area (Å²) >= 11 is 0. The van der Waals surface area contributed by atoms with Crippen LogP contribution in [0.15, 0.2) is 24.5 Å². The molecule has 0 saturated carbocycles. The minimum atomic E-state index is -5.08. The van der Waals surface area contributed by atoms with E-state index < -0.39 is 18.1 Å². The van der Waals surface area contributed by atoms with E-state index in [0.717, 1.165) is 11.0 Å². The fraction of sp³-hybridized carbons (Fsp3) is 0.100. The average molecular weight is 276 g/mol. The first-order valence-electron chi connectivity index (χ1n) is 4.68. The van der Waals surface area contributed by atoms with E-state index in [1.54, 1.807) is 12.1 Å². The van der Waals surface area contributed by atoms with E-state index in [4.69, 9.17) is 15.0 Å². The molecule has 0 bridgehead atoms. The summed E-state index contributed by atoms with van der Waals surface area (Å²) in [5.74, 6) is -3.68. The van der Waals surface area contributed by atoms with Crippen LogP contribution in [0.4, 0.5) is 13.2 Å². The summed E-state index contributed by atoms with van der Waals surface area (Å²) in [6.07, 6.45) is -3.55. The van der Waals surface area contributed by atoms with Gasteiger partial charge < -0.3 is 15.2 Å². The van der Waals surface area contributed by atoms with Crippen LogP contribution >= 0.6 is 0 Å². The number of alkyl halides is 3. The molecule has 6 nitrogen and oxygen atoms in total. The highest BCUT2D eigenvalue weighted by Gasteiger charge is 2.38. The van der Waals surface area contributed by atoms with E-state index in [1.165, 1.54) is 12.4 Å². The fourth-order valence-electron chi connectivity index (χ4n) is 1.07. The second-order valence-electron chi connectivity index (χ2n) is 3.24. The normalized spacial score (nSPS) is 10.7. The van der Waals surface area contributed by atoms with Gasteiger partial charge in [-0.1, -0.05) is 0 Å². The van der Waals surface area contributed by atoms with Gasteiger partial charge in [0, 0.05) is 0 Å². The van der Waals surface area contributed by atoms with Crippen LogP contribution in [0, 0.1) is 0 Å². The molecule has 2 rings (SSSR count). The molecule has 1 aromatic heterocycles. The summed E-state index contributed by atoms with van der Waals surface area (Å²) < 4.78 is 31.7. The van der Waals surface area contributed by atoms with Crippen molar-refractivity contribution in [1.29, 1.82) is 0 Å². The number of hydrogen-bond acceptors (Lipinski definition) is 3. The second-order valence-corrected chi connectivity index (χ2v) is 3.24. The molecular formula is C10H7F3N2O4. The van der Waals surface area contributed by atoms with Gasteiger partial charge in [0.05, 0.1) is 22.9 Å². The summed E-state index contributed by atoms with van der Waals surface area (Å²) in [4.78, 5) is 26.2. The average Bonchev–Trinajstić information content (AvgIpc) is 2.74. The first kappa shape index (κ1) is 14.5. The number of aliphatic carboxylic acids is 1. The maximum absolute atomic E-state index is 10.6. The Morgan fingerprint density at radius 3 is 2.26 bits per heavy atom. The van der Waals surface area contributed by atoms with Crippen LogP contribution in [0.2, 0.25) is 0 Å². The minimum Gasteiger partial charge on any atom is -0.478 e. The number of carbonyl (C=O) groups is 2. The quantitative estimate of drug-likeness (QED) is 0.738. The predicted molar refractivity (Wildman–Crippen MR) is 56.7 cm³/mol. The lowest BCUT2D eigenvalue weighted by Gasteiger charge is -1.93. The molecule has 1 heterocycles. The Morgan fingerprint density at radius 2 is 1.79 bits per heavy atom. The topological polar surface area (TPSA) is 103 Å². The van der Waals surface area contributed by atoms with E-state index in [0.29, 0.717) is 0 Å². The molecular weight excluding hydrogens is 269 g/mol. The number of carboxylic acids is 2. The lowest BCUT2D eigenvalue weighted by molar-refractivity contribution is -0.192. The van der Waals surface area contributed by atoms with E-state index in [2.05, 4.69) is 9.97 Å². The van der Waals surface area contributed by atoms with Gasteiger partial charge in [-0.15, -0.1) is 0 Å². The third-order valence-corrected chi connectivity index (χ3v) is 1.91. The summed E-state index contributed by atoms with van der Waals surface area (Å²) in [6, 6.07) is 4.77. The van der Waals surface area contributed by atoms with Crippen molar-refractivity contribution in [3.63, 3.8) is 0 Å². The molecule has 102 valence electrons. The molecule has 0 radical (unpaired) electrons. The number of aromatic carboxylic acids is 1. The highest BCUT2D eigenvalue weighted by Crippen LogP contribution is 2.13. The van der Waals surface area contributed by atoms with Crippen molar-refractivity contribution in [2.45, 2.75) is 6.18 Å². The van der Waals surface area contributed by atoms with Crippen molar-refractivity contribution in [2.75, 3.05) is 0 Å². The summed E-state index contributed by atoms with van der Waals surface area (Å²) in [7, 11) is 0. The lowest BCUT2D eigenvalue weighted by atomic mass is 10.2. The standard InChI is InChI=1S/C8H6N2O2.C2HF3O2/c11-8(12)5-1-2-6-7(3-5)10-4-9-6;3-2(4,5)1(6)7/h1-4H,(H,9,10)(H,11,12);(H,6,7). The van der Waals surface area contributed by atoms with E-state index in [9.17, 15) is 18.0 Å². The van der Waals surface area contributed by atoms with E-state index >= 15 is 0 Å². The van der Waals surface area contributed by atoms with Crippen molar-refractivity contribution in [1.82, 2.24) is 9.97 Å². The molecule has 0 spiro atoms. The van der Waals surface area contributed by atoms with Gasteiger partial charge in [0.15, 0.2) is 0 Å². The molecule has 0 fully saturated rings. The van der Waals surface area contributed by atoms with Crippen molar-refractivity contribution < 1.29 is 33.0 Å². The third-order valence-electron chi connectivity index (χ3n) is 1.91. The molecule has 0 aliphatic heterocycles. The van der Waals surface area contributed by atoms with Gasteiger partial charge >= 0.3 is 18.1 Å². The first-order valence-corrected chi connectivity index (χ1v) is 4.68. The molecule has 0 unspecified atom stereocenters. The number of hydrogen-bond donors (Lipinski definition) is 3. The van der Waals surface area contributed by atoms with E-state index in [-0.39, 0.29) is 5.56 Å². The van der Waals surface area contributed by atoms with Gasteiger partial charge in [0.1, 0.15) is 0 Å². The van der Waals surface area contributed by atoms with Crippen LogP contribution in [0.5, 0.6) is 0 Å². The summed E-state index contributed by atoms with van der Waals surface area (Å²) in [5.41, 5.74) is 1.79. The Hall–Kier alpha value is -2.58. The predicted octanol–water partition coefficient (Wildman–Crippen LogP) is 1.89. The van der Waals surface area contributed by atoms with Gasteiger partial charge in [0.2, 0.25) is 0 Å². The van der Waals surface area contributed by atoms with Crippen LogP contribution in [-0.2, 0) is 4.79 Å². The van der Waals surface area contributed by atoms with Gasteiger partial charge in [-0.2, -0.15) is 13.2 Å². The fourth-order valence-corrected chi connectivity index (χ4v) is 1.07. The maximum Gasteiger partial charge on any atom is 0.490 e. The smallest absolute Gasteiger partial charge is 0.478 e. The highest BCUT2D eigenvalue weighted by molar-refractivity contribution is 5.92. The maximum atomic E-state index is 10.6. The van der Waals surface area contributed by atoms with E-state index in [1.807, 2.05) is 0 Å². The van der Waals surface area contributed by atoms with Gasteiger partial charge in [0.25, 0.3) is 0 Å². The summed E-state index contributed by atoms with van der Waals surface area (Å²) in [6.45, 7) is 0. The minimum absolute atomic E-state index is 0.270. The number of H-pyrrole nitrogens is 1. The second kappa shape index (κ2) is 5.38. The zero-order chi connectivity index (χ0) is 14.6. The van der Waals surface area contributed by atoms with Crippen LogP contribution in [-0.4, -0.2) is 38.3 Å². The number of halogens is 3. The first-order chi connectivity index (χ1) is 8.71. The largest absolute Gasteiger partial charge is 0.490 e. The SMILES string of the molecule is O=C(O)C(F)(F)F.O=C(O)c1ccc2nc[nH]c2c1. The number of fused-ring (bicyclic) bond motifs is 1. The molecule has 0 aliphatic carbocycles. The molecule has 0 saturated heterocycles. The molecule has 0 atom stereocenters. The molecule has 2 aromatic rings. The zero-order valence-electron chi connectivity index (χ0n) is 9.10. The Kier molecular flexibility index (Phi) is 4.10. The number of benzene rings is 1. The Bertz CT molecular complexity index is 606. The Labute approximate surface area is 103 Å². The van der Waals surface area contributed by atoms with Crippen molar-refractivity contribution in [3.05, 3.63) is 30.1 Å². The van der Waals surface area contributed by atoms with Crippen molar-refractivity contribution >= 4 is 23.0 Å². The number of imidazole rings is 1. The van der Waals surface area contributed by atoms with Crippen LogP contribution in [0.25, 0.3) is 11.0 Å². The third kappa shape index (κ3) is 3.98. The van der Waals surface area contributed by atoms with Gasteiger partial charge in [-0.3, -0.25) is 0 Å². The number of nitrogens with zero attached hydrogens (tertiary/aromatic N) is 1. The molecule has 9 heteroatoms. The van der Waals surface area contributed by atoms with Crippen LogP contribution in [0.3, 0.4) is 0 Å². The van der Waals surface area contributed by atoms with Gasteiger partial charge in [-0.25, -0.2) is 14.6 Å². The number of aromatic nitrogens is 2. The number of nitrogens with one attached hydrogen (secondary N) is 1. The number of rotatable bonds is 1. The molecule has 1 aromatic carbocycles. The van der Waals surface area contributed by atoms with Crippen molar-refractivity contribution in [2.24, 2.45) is 0 Å². The van der Waals surface area contributed by atoms with Crippen LogP contribution in [0.1, 0.15) is 10.4 Å². The Balaban J connectivity index is 0.000000224. The molecule has 0 amide bonds. The van der Waals surface area contributed by atoms with Gasteiger partial charge in [-0.05, 0) is 18.2 Å². The highest BCUT2D eigenvalue weighted by atomic mass is 19.4. The number of aromatic amines is 1. The molecule has 19 heavy (non-hydrogen) atoms. The monoisotopic (exact) mass is 276 g/mol. The van der Waals surface area contributed by atoms with Crippen LogP contribution < -0.4 is 0 Å². The molecule has 3 N–H and O–H groups in total. The molecule has 0 aliphatic rings. The summed E-state index contributed by atoms with van der Waals surface area (Å²) in [5, 5.41) is 15.8. The zero-order valence-corrected chi connectivity index (χ0v) is 9.10. The number of carboxylic acid groups (broad SMARTS) is 2. The Morgan fingerprint density at radius 1 is 1.21 bits per heavy atom. The van der Waals surface area contributed by atoms with Crippen molar-refractivity contribution in [3.8, 4) is 0 Å². The lowest BCUT2D eigenvalue weighted by Crippen LogP contribution is -2.21.